The molecule has 0 radical (unpaired) electrons. The second kappa shape index (κ2) is 1.71. The van der Waals surface area contributed by atoms with E-state index < -0.39 is 6.08 Å². The number of rotatable bonds is 0. The van der Waals surface area contributed by atoms with Crippen molar-refractivity contribution in [1.29, 1.82) is 0 Å². The van der Waals surface area contributed by atoms with Crippen LogP contribution in [-0.2, 0) is 4.74 Å². The van der Waals surface area contributed by atoms with Crippen molar-refractivity contribution in [2.24, 2.45) is 0 Å². The summed E-state index contributed by atoms with van der Waals surface area (Å²) < 4.78 is 12.9. The highest BCUT2D eigenvalue weighted by atomic mass is 16.6. The highest BCUT2D eigenvalue weighted by Crippen LogP contribution is 2.43. The molecule has 1 aromatic rings. The third-order valence-corrected chi connectivity index (χ3v) is 2.00. The number of hydrogen-bond acceptors (Lipinski definition) is 2. The van der Waals surface area contributed by atoms with Crippen LogP contribution in [0.3, 0.4) is 0 Å². The molecule has 1 aliphatic carbocycles. The van der Waals surface area contributed by atoms with Gasteiger partial charge in [-0.2, -0.15) is 0 Å². The zero-order chi connectivity index (χ0) is 8.18. The molecule has 2 heteroatoms. The van der Waals surface area contributed by atoms with Crippen LogP contribution in [0.1, 0.15) is 18.7 Å². The van der Waals surface area contributed by atoms with Crippen molar-refractivity contribution >= 4 is 6.08 Å². The highest BCUT2D eigenvalue weighted by molar-refractivity contribution is 5.57. The minimum Gasteiger partial charge on any atom is -0.358 e. The average molecular weight is 146 g/mol. The Morgan fingerprint density at radius 2 is 2.64 bits per heavy atom. The van der Waals surface area contributed by atoms with E-state index in [1.807, 2.05) is 18.2 Å². The lowest BCUT2D eigenvalue weighted by Crippen LogP contribution is -1.97. The highest BCUT2D eigenvalue weighted by Gasteiger charge is 2.42. The first-order valence-corrected chi connectivity index (χ1v) is 3.62. The molecule has 1 aromatic heterocycles. The summed E-state index contributed by atoms with van der Waals surface area (Å²) in [6.45, 7) is 0. The zero-order valence-electron chi connectivity index (χ0n) is 6.82. The van der Waals surface area contributed by atoms with Crippen LogP contribution in [0.4, 0.5) is 0 Å². The van der Waals surface area contributed by atoms with E-state index in [9.17, 15) is 0 Å². The molecular weight excluding hydrogens is 138 g/mol. The van der Waals surface area contributed by atoms with Crippen molar-refractivity contribution in [2.75, 3.05) is 0 Å². The van der Waals surface area contributed by atoms with Crippen LogP contribution in [0.2, 0.25) is 0 Å². The number of fused-ring (bicyclic) bond motifs is 3. The lowest BCUT2D eigenvalue weighted by molar-refractivity contribution is 0.392. The fraction of sp³-hybridized carbons (Fsp3) is 0.222. The summed E-state index contributed by atoms with van der Waals surface area (Å²) in [5, 5.41) is 0. The Bertz CT molecular complexity index is 377. The molecule has 2 atom stereocenters. The molecule has 2 aliphatic rings. The van der Waals surface area contributed by atoms with Crippen molar-refractivity contribution in [3.63, 3.8) is 0 Å². The summed E-state index contributed by atoms with van der Waals surface area (Å²) in [6, 6.07) is 3.88. The van der Waals surface area contributed by atoms with Gasteiger partial charge in [-0.15, -0.1) is 0 Å². The zero-order valence-corrected chi connectivity index (χ0v) is 5.82. The summed E-state index contributed by atoms with van der Waals surface area (Å²) in [7, 11) is 0. The molecule has 3 rings (SSSR count). The van der Waals surface area contributed by atoms with E-state index in [1.165, 1.54) is 0 Å². The Labute approximate surface area is 65.9 Å². The predicted molar refractivity (Wildman–Crippen MR) is 40.9 cm³/mol. The molecule has 0 aromatic carbocycles. The summed E-state index contributed by atoms with van der Waals surface area (Å²) in [6.07, 6.45) is 4.49. The molecule has 2 heterocycles. The van der Waals surface area contributed by atoms with Gasteiger partial charge in [0, 0.05) is 6.20 Å². The van der Waals surface area contributed by atoms with Crippen molar-refractivity contribution < 1.29 is 6.11 Å². The minimum absolute atomic E-state index is 0.126. The molecule has 2 nitrogen and oxygen atoms in total. The molecule has 1 saturated heterocycles. The Kier molecular flexibility index (Phi) is 0.727. The molecule has 0 N–H and O–H groups in total. The molecule has 11 heavy (non-hydrogen) atoms. The second-order valence-electron chi connectivity index (χ2n) is 2.71. The van der Waals surface area contributed by atoms with Gasteiger partial charge in [-0.3, -0.25) is 4.98 Å². The van der Waals surface area contributed by atoms with Gasteiger partial charge in [-0.05, 0) is 11.6 Å². The number of aromatic nitrogens is 1. The van der Waals surface area contributed by atoms with E-state index in [0.717, 1.165) is 11.3 Å². The fourth-order valence-corrected chi connectivity index (χ4v) is 1.38. The maximum absolute atomic E-state index is 7.68. The topological polar surface area (TPSA) is 25.4 Å². The molecule has 0 saturated carbocycles. The van der Waals surface area contributed by atoms with Crippen LogP contribution in [0.5, 0.6) is 0 Å². The number of pyridine rings is 1. The van der Waals surface area contributed by atoms with E-state index >= 15 is 0 Å². The SMILES string of the molecule is [2H]C12C=Cc3cccnc3C1O2. The first-order chi connectivity index (χ1) is 5.80. The maximum atomic E-state index is 7.68. The Morgan fingerprint density at radius 3 is 3.64 bits per heavy atom. The Hall–Kier alpha value is -1.15. The summed E-state index contributed by atoms with van der Waals surface area (Å²) in [4.78, 5) is 4.19. The van der Waals surface area contributed by atoms with Gasteiger partial charge in [0.25, 0.3) is 0 Å². The standard InChI is InChI=1S/C9H7NO/c1-2-6-3-4-7-9(11-7)8(6)10-5-1/h1-5,7,9H/i7D. The summed E-state index contributed by atoms with van der Waals surface area (Å²) in [5.74, 6) is 0. The summed E-state index contributed by atoms with van der Waals surface area (Å²) in [5.41, 5.74) is 1.97. The van der Waals surface area contributed by atoms with Gasteiger partial charge >= 0.3 is 0 Å². The molecule has 0 spiro atoms. The number of hydrogen-bond donors (Lipinski definition) is 0. The fourth-order valence-electron chi connectivity index (χ4n) is 1.38. The second-order valence-corrected chi connectivity index (χ2v) is 2.71. The van der Waals surface area contributed by atoms with Crippen molar-refractivity contribution in [3.05, 3.63) is 35.7 Å². The van der Waals surface area contributed by atoms with Gasteiger partial charge in [-0.25, -0.2) is 0 Å². The molecule has 1 fully saturated rings. The normalized spacial score (nSPS) is 38.9. The van der Waals surface area contributed by atoms with Crippen molar-refractivity contribution in [3.8, 4) is 0 Å². The van der Waals surface area contributed by atoms with E-state index in [-0.39, 0.29) is 6.10 Å². The van der Waals surface area contributed by atoms with Crippen molar-refractivity contribution in [2.45, 2.75) is 12.2 Å². The smallest absolute Gasteiger partial charge is 0.131 e. The molecule has 2 unspecified atom stereocenters. The van der Waals surface area contributed by atoms with Crippen LogP contribution in [0.25, 0.3) is 6.08 Å². The average Bonchev–Trinajstić information content (AvgIpc) is 2.78. The van der Waals surface area contributed by atoms with E-state index in [4.69, 9.17) is 6.11 Å². The van der Waals surface area contributed by atoms with E-state index in [2.05, 4.69) is 4.98 Å². The monoisotopic (exact) mass is 146 g/mol. The predicted octanol–water partition coefficient (Wildman–Crippen LogP) is 1.55. The molecule has 1 aliphatic heterocycles. The molecule has 0 bridgehead atoms. The van der Waals surface area contributed by atoms with Gasteiger partial charge in [0.2, 0.25) is 0 Å². The van der Waals surface area contributed by atoms with Gasteiger partial charge in [0.15, 0.2) is 0 Å². The van der Waals surface area contributed by atoms with Gasteiger partial charge in [-0.1, -0.05) is 18.2 Å². The molecular formula is C9H7NO. The lowest BCUT2D eigenvalue weighted by Gasteiger charge is -2.02. The largest absolute Gasteiger partial charge is 0.358 e. The Morgan fingerprint density at radius 1 is 1.64 bits per heavy atom. The van der Waals surface area contributed by atoms with E-state index in [1.54, 1.807) is 12.3 Å². The summed E-state index contributed by atoms with van der Waals surface area (Å²) >= 11 is 0. The van der Waals surface area contributed by atoms with Gasteiger partial charge < -0.3 is 4.74 Å². The van der Waals surface area contributed by atoms with Crippen LogP contribution in [0, 0.1) is 0 Å². The lowest BCUT2D eigenvalue weighted by atomic mass is 10.0. The van der Waals surface area contributed by atoms with E-state index in [0.29, 0.717) is 0 Å². The van der Waals surface area contributed by atoms with Crippen molar-refractivity contribution in [1.82, 2.24) is 4.98 Å². The van der Waals surface area contributed by atoms with Crippen LogP contribution in [0.15, 0.2) is 24.4 Å². The first-order valence-electron chi connectivity index (χ1n) is 4.12. The van der Waals surface area contributed by atoms with Crippen LogP contribution >= 0.6 is 0 Å². The molecule has 54 valence electrons. The first kappa shape index (κ1) is 4.67. The number of nitrogens with zero attached hydrogens (tertiary/aromatic N) is 1. The third kappa shape index (κ3) is 0.672. The van der Waals surface area contributed by atoms with Crippen LogP contribution in [-0.4, -0.2) is 11.1 Å². The molecule has 0 amide bonds. The minimum atomic E-state index is -0.804. The Balaban J connectivity index is 2.21. The van der Waals surface area contributed by atoms with Gasteiger partial charge in [0.1, 0.15) is 12.2 Å². The number of ether oxygens (including phenoxy) is 1. The maximum Gasteiger partial charge on any atom is 0.131 e. The number of epoxide rings is 1. The van der Waals surface area contributed by atoms with Gasteiger partial charge in [0.05, 0.1) is 7.06 Å². The third-order valence-electron chi connectivity index (χ3n) is 2.00. The van der Waals surface area contributed by atoms with Crippen LogP contribution < -0.4 is 0 Å². The quantitative estimate of drug-likeness (QED) is 0.519.